The van der Waals surface area contributed by atoms with Crippen LogP contribution in [0.2, 0.25) is 0 Å². The summed E-state index contributed by atoms with van der Waals surface area (Å²) in [6, 6.07) is 9.68. The van der Waals surface area contributed by atoms with E-state index in [0.717, 1.165) is 16.3 Å². The van der Waals surface area contributed by atoms with Gasteiger partial charge >= 0.3 is 0 Å². The molecule has 0 saturated heterocycles. The van der Waals surface area contributed by atoms with Crippen molar-refractivity contribution in [2.24, 2.45) is 7.05 Å². The van der Waals surface area contributed by atoms with Crippen LogP contribution in [0.1, 0.15) is 73.7 Å². The Bertz CT molecular complexity index is 1050. The molecule has 1 atom stereocenters. The van der Waals surface area contributed by atoms with Gasteiger partial charge in [-0.1, -0.05) is 52.5 Å². The molecular weight excluding hydrogens is 604 g/mol. The molecule has 0 aliphatic rings. The van der Waals surface area contributed by atoms with Crippen LogP contribution in [0.15, 0.2) is 71.7 Å². The molecule has 264 valence electrons. The molecule has 0 aliphatic carbocycles. The van der Waals surface area contributed by atoms with Gasteiger partial charge in [-0.05, 0) is 84.9 Å². The molecule has 0 aliphatic heterocycles. The Hall–Kier alpha value is -3.18. The molecule has 0 radical (unpaired) electrons. The maximum atomic E-state index is 11.1. The monoisotopic (exact) mass is 666 g/mol. The number of aromatic nitrogens is 2. The molecule has 10 heteroatoms. The fraction of sp³-hybridized carbons (Fsp3) is 0.528. The summed E-state index contributed by atoms with van der Waals surface area (Å²) in [6.45, 7) is 26.1. The van der Waals surface area contributed by atoms with Gasteiger partial charge in [0.1, 0.15) is 18.0 Å². The molecule has 9 nitrogen and oxygen atoms in total. The second kappa shape index (κ2) is 33.2. The molecule has 0 saturated carbocycles. The molecule has 2 rings (SSSR count). The summed E-state index contributed by atoms with van der Waals surface area (Å²) < 4.78 is 26.5. The number of carbonyl (C=O) groups excluding carboxylic acids is 2. The Morgan fingerprint density at radius 1 is 1.07 bits per heavy atom. The summed E-state index contributed by atoms with van der Waals surface area (Å²) in [5.41, 5.74) is 2.57. The zero-order valence-electron chi connectivity index (χ0n) is 31.1. The van der Waals surface area contributed by atoms with Crippen molar-refractivity contribution in [1.29, 1.82) is 0 Å². The van der Waals surface area contributed by atoms with E-state index in [4.69, 9.17) is 18.4 Å². The van der Waals surface area contributed by atoms with Gasteiger partial charge in [-0.2, -0.15) is 5.10 Å². The zero-order chi connectivity index (χ0) is 36.6. The first-order chi connectivity index (χ1) is 21.7. The number of Topliss-reactive ketones (excluding diaryl/α,β-unsaturated/α-hetero) is 1. The maximum absolute atomic E-state index is 11.1. The van der Waals surface area contributed by atoms with Crippen LogP contribution in [-0.2, 0) is 35.0 Å². The van der Waals surface area contributed by atoms with E-state index in [-0.39, 0.29) is 17.5 Å². The van der Waals surface area contributed by atoms with Crippen LogP contribution in [0.4, 0.5) is 0 Å². The number of carbonyl (C=O) groups is 2. The molecule has 1 unspecified atom stereocenters. The molecule has 0 N–H and O–H groups in total. The lowest BCUT2D eigenvalue weighted by Gasteiger charge is -2.14. The van der Waals surface area contributed by atoms with Gasteiger partial charge in [-0.15, -0.1) is 0 Å². The first-order valence-electron chi connectivity index (χ1n) is 15.3. The van der Waals surface area contributed by atoms with Crippen molar-refractivity contribution < 1.29 is 32.7 Å². The molecule has 1 aromatic heterocycles. The van der Waals surface area contributed by atoms with Gasteiger partial charge < -0.3 is 23.1 Å². The van der Waals surface area contributed by atoms with Gasteiger partial charge in [0.15, 0.2) is 5.78 Å². The van der Waals surface area contributed by atoms with E-state index in [1.807, 2.05) is 111 Å². The molecule has 1 heterocycles. The lowest BCUT2D eigenvalue weighted by atomic mass is 10.2. The highest BCUT2D eigenvalue weighted by atomic mass is 32.2. The summed E-state index contributed by atoms with van der Waals surface area (Å²) >= 11 is 1.31. The fourth-order valence-electron chi connectivity index (χ4n) is 2.58. The van der Waals surface area contributed by atoms with Crippen LogP contribution in [0.3, 0.4) is 0 Å². The van der Waals surface area contributed by atoms with Crippen LogP contribution in [0.25, 0.3) is 0 Å². The van der Waals surface area contributed by atoms with Gasteiger partial charge in [0, 0.05) is 49.5 Å². The largest absolute Gasteiger partial charge is 0.490 e. The Kier molecular flexibility index (Phi) is 35.9. The van der Waals surface area contributed by atoms with Crippen LogP contribution < -0.4 is 4.74 Å². The van der Waals surface area contributed by atoms with Crippen LogP contribution >= 0.6 is 12.0 Å². The average molecular weight is 667 g/mol. The molecule has 46 heavy (non-hydrogen) atoms. The van der Waals surface area contributed by atoms with Gasteiger partial charge in [0.2, 0.25) is 0 Å². The second-order valence-corrected chi connectivity index (χ2v) is 10.7. The predicted octanol–water partition coefficient (Wildman–Crippen LogP) is 8.69. The number of hydrogen-bond donors (Lipinski definition) is 0. The van der Waals surface area contributed by atoms with Crippen LogP contribution in [0, 0.1) is 13.8 Å². The Morgan fingerprint density at radius 3 is 1.91 bits per heavy atom. The number of methoxy groups -OCH3 is 2. The minimum Gasteiger partial charge on any atom is -0.490 e. The third-order valence-corrected chi connectivity index (χ3v) is 5.46. The lowest BCUT2D eigenvalue weighted by Crippen LogP contribution is -2.17. The second-order valence-electron chi connectivity index (χ2n) is 9.72. The summed E-state index contributed by atoms with van der Waals surface area (Å²) in [4.78, 5) is 21.8. The zero-order valence-corrected chi connectivity index (χ0v) is 31.9. The van der Waals surface area contributed by atoms with E-state index in [0.29, 0.717) is 25.3 Å². The van der Waals surface area contributed by atoms with E-state index in [1.165, 1.54) is 24.7 Å². The number of benzene rings is 1. The summed E-state index contributed by atoms with van der Waals surface area (Å²) in [7, 11) is 6.91. The third kappa shape index (κ3) is 32.2. The van der Waals surface area contributed by atoms with E-state index < -0.39 is 0 Å². The number of allylic oxidation sites excluding steroid dienone is 4. The number of hydrogen-bond acceptors (Lipinski definition) is 9. The highest BCUT2D eigenvalue weighted by Gasteiger charge is 2.07. The minimum atomic E-state index is -0.318. The molecular formula is C36H62N2O7S. The first-order valence-corrected chi connectivity index (χ1v) is 16.0. The first kappa shape index (κ1) is 49.7. The van der Waals surface area contributed by atoms with Crippen molar-refractivity contribution >= 4 is 24.3 Å². The molecule has 0 fully saturated rings. The van der Waals surface area contributed by atoms with Gasteiger partial charge in [0.05, 0.1) is 25.5 Å². The topological polar surface area (TPSA) is 98.1 Å². The van der Waals surface area contributed by atoms with Crippen molar-refractivity contribution in [3.8, 4) is 5.75 Å². The highest BCUT2D eigenvalue weighted by molar-refractivity contribution is 7.94. The SMILES string of the molecule is C=C/C(=C\C=C/COc1ccc(SOC)cc1)C(C)=O.CC.CC.CC(C)(C)OC=O.COCC(C)OC.Cc1cc(C)n(C)n1. The third-order valence-electron chi connectivity index (χ3n) is 4.83. The van der Waals surface area contributed by atoms with Gasteiger partial charge in [-0.3, -0.25) is 14.3 Å². The van der Waals surface area contributed by atoms with E-state index >= 15 is 0 Å². The number of nitrogens with zero attached hydrogens (tertiary/aromatic N) is 2. The molecule has 0 spiro atoms. The molecule has 2 aromatic rings. The highest BCUT2D eigenvalue weighted by Crippen LogP contribution is 2.21. The van der Waals surface area contributed by atoms with Crippen LogP contribution in [-0.4, -0.2) is 68.3 Å². The van der Waals surface area contributed by atoms with Crippen molar-refractivity contribution in [1.82, 2.24) is 9.78 Å². The quantitative estimate of drug-likeness (QED) is 0.0953. The lowest BCUT2D eigenvalue weighted by molar-refractivity contribution is -0.138. The molecule has 0 bridgehead atoms. The van der Waals surface area contributed by atoms with Crippen molar-refractivity contribution in [2.75, 3.05) is 34.5 Å². The van der Waals surface area contributed by atoms with E-state index in [2.05, 4.69) is 22.5 Å². The normalized spacial score (nSPS) is 10.8. The number of aryl methyl sites for hydroxylation is 3. The maximum Gasteiger partial charge on any atom is 0.293 e. The summed E-state index contributed by atoms with van der Waals surface area (Å²) in [5.74, 6) is 0.784. The molecule has 0 amide bonds. The van der Waals surface area contributed by atoms with Gasteiger partial charge in [-0.25, -0.2) is 0 Å². The number of rotatable bonds is 12. The standard InChI is InChI=1S/C16H18O3S.C6H10N2.C5H12O2.C5H10O2.2C2H6/c1-4-14(13(2)17)7-5-6-12-19-15-8-10-16(11-9-15)20-18-3;1-5-4-6(2)8(3)7-5;1-5(7-3)4-6-2;1-5(2,3)7-4-6;2*1-2/h4-11H,1,12H2,2-3H3;4H,1-3H3;5H,4H2,1-3H3;4H,1-3H3;2*1-2H3/b6-5-,14-7+;;;;;. The minimum absolute atomic E-state index is 0.00296. The summed E-state index contributed by atoms with van der Waals surface area (Å²) in [5, 5.41) is 4.13. The van der Waals surface area contributed by atoms with Crippen molar-refractivity contribution in [2.45, 2.75) is 92.8 Å². The van der Waals surface area contributed by atoms with Crippen molar-refractivity contribution in [3.63, 3.8) is 0 Å². The van der Waals surface area contributed by atoms with Crippen LogP contribution in [0.5, 0.6) is 5.75 Å². The Morgan fingerprint density at radius 2 is 1.63 bits per heavy atom. The number of ether oxygens (including phenoxy) is 4. The smallest absolute Gasteiger partial charge is 0.293 e. The fourth-order valence-corrected chi connectivity index (χ4v) is 3.02. The Balaban J connectivity index is -0.000000280. The Labute approximate surface area is 284 Å². The number of ketones is 1. The molecule has 1 aromatic carbocycles. The van der Waals surface area contributed by atoms with Crippen molar-refractivity contribution in [3.05, 3.63) is 78.2 Å². The van der Waals surface area contributed by atoms with E-state index in [9.17, 15) is 9.59 Å². The predicted molar refractivity (Wildman–Crippen MR) is 194 cm³/mol. The van der Waals surface area contributed by atoms with E-state index in [1.54, 1.807) is 39.6 Å². The average Bonchev–Trinajstić information content (AvgIpc) is 3.32. The van der Waals surface area contributed by atoms with Gasteiger partial charge in [0.25, 0.3) is 6.47 Å². The summed E-state index contributed by atoms with van der Waals surface area (Å²) in [6.07, 6.45) is 7.11.